The highest BCUT2D eigenvalue weighted by atomic mass is 32.2. The van der Waals surface area contributed by atoms with Crippen LogP contribution in [0.4, 0.5) is 4.39 Å². The van der Waals surface area contributed by atoms with Crippen LogP contribution in [0, 0.1) is 5.82 Å². The van der Waals surface area contributed by atoms with E-state index in [1.165, 1.54) is 12.1 Å². The molecule has 5 nitrogen and oxygen atoms in total. The summed E-state index contributed by atoms with van der Waals surface area (Å²) in [6.45, 7) is 2.77. The van der Waals surface area contributed by atoms with Crippen LogP contribution < -0.4 is 10.0 Å². The maximum atomic E-state index is 13.9. The summed E-state index contributed by atoms with van der Waals surface area (Å²) in [4.78, 5) is 1.54. The maximum absolute atomic E-state index is 13.9. The van der Waals surface area contributed by atoms with Crippen molar-refractivity contribution in [1.82, 2.24) is 14.9 Å². The van der Waals surface area contributed by atoms with Gasteiger partial charge in [-0.05, 0) is 45.8 Å². The van der Waals surface area contributed by atoms with Crippen LogP contribution in [0.1, 0.15) is 12.5 Å². The largest absolute Gasteiger partial charge is 0.316 e. The van der Waals surface area contributed by atoms with Crippen LogP contribution in [-0.4, -0.2) is 47.0 Å². The van der Waals surface area contributed by atoms with E-state index in [9.17, 15) is 12.8 Å². The van der Waals surface area contributed by atoms with Gasteiger partial charge >= 0.3 is 0 Å². The zero-order chi connectivity index (χ0) is 15.3. The Morgan fingerprint density at radius 2 is 2.00 bits per heavy atom. The molecular formula is C13H22FN3O2S. The first kappa shape index (κ1) is 17.0. The van der Waals surface area contributed by atoms with Gasteiger partial charge in [0.2, 0.25) is 10.0 Å². The third-order valence-electron chi connectivity index (χ3n) is 2.66. The Hall–Kier alpha value is -1.02. The number of likely N-dealkylation sites (N-methyl/N-ethyl adjacent to an activating group) is 1. The molecule has 1 rings (SSSR count). The SMILES string of the molecule is CNCc1ccc(S(=O)(=O)NC(C)CN(C)C)c(F)c1. The van der Waals surface area contributed by atoms with Gasteiger partial charge < -0.3 is 10.2 Å². The van der Waals surface area contributed by atoms with Crippen LogP contribution in [0.2, 0.25) is 0 Å². The summed E-state index contributed by atoms with van der Waals surface area (Å²) in [5, 5.41) is 2.89. The molecule has 7 heteroatoms. The third-order valence-corrected chi connectivity index (χ3v) is 4.28. The Kier molecular flexibility index (Phi) is 6.07. The van der Waals surface area contributed by atoms with Crippen molar-refractivity contribution in [2.24, 2.45) is 0 Å². The van der Waals surface area contributed by atoms with Crippen molar-refractivity contribution in [1.29, 1.82) is 0 Å². The lowest BCUT2D eigenvalue weighted by Gasteiger charge is -2.18. The van der Waals surface area contributed by atoms with E-state index < -0.39 is 15.8 Å². The molecule has 1 atom stereocenters. The fourth-order valence-electron chi connectivity index (χ4n) is 1.99. The van der Waals surface area contributed by atoms with E-state index >= 15 is 0 Å². The Balaban J connectivity index is 2.92. The molecule has 2 N–H and O–H groups in total. The first-order chi connectivity index (χ1) is 9.26. The van der Waals surface area contributed by atoms with Gasteiger partial charge in [-0.1, -0.05) is 6.07 Å². The Morgan fingerprint density at radius 3 is 2.50 bits per heavy atom. The molecule has 1 unspecified atom stereocenters. The minimum atomic E-state index is -3.84. The lowest BCUT2D eigenvalue weighted by Crippen LogP contribution is -2.39. The van der Waals surface area contributed by atoms with E-state index in [2.05, 4.69) is 10.0 Å². The van der Waals surface area contributed by atoms with Crippen LogP contribution in [0.15, 0.2) is 23.1 Å². The topological polar surface area (TPSA) is 61.4 Å². The van der Waals surface area contributed by atoms with E-state index in [1.54, 1.807) is 20.0 Å². The van der Waals surface area contributed by atoms with E-state index in [-0.39, 0.29) is 10.9 Å². The number of hydrogen-bond donors (Lipinski definition) is 2. The lowest BCUT2D eigenvalue weighted by atomic mass is 10.2. The highest BCUT2D eigenvalue weighted by Gasteiger charge is 2.21. The van der Waals surface area contributed by atoms with Crippen molar-refractivity contribution in [3.05, 3.63) is 29.6 Å². The molecule has 0 aliphatic rings. The summed E-state index contributed by atoms with van der Waals surface area (Å²) in [6, 6.07) is 3.84. The molecule has 1 aromatic carbocycles. The second-order valence-corrected chi connectivity index (χ2v) is 6.76. The number of benzene rings is 1. The van der Waals surface area contributed by atoms with Crippen molar-refractivity contribution < 1.29 is 12.8 Å². The van der Waals surface area contributed by atoms with Crippen LogP contribution >= 0.6 is 0 Å². The summed E-state index contributed by atoms with van der Waals surface area (Å²) in [6.07, 6.45) is 0. The Morgan fingerprint density at radius 1 is 1.35 bits per heavy atom. The fourth-order valence-corrected chi connectivity index (χ4v) is 3.28. The second-order valence-electron chi connectivity index (χ2n) is 5.08. The molecule has 0 fully saturated rings. The van der Waals surface area contributed by atoms with Gasteiger partial charge in [0.05, 0.1) is 0 Å². The summed E-state index contributed by atoms with van der Waals surface area (Å²) in [7, 11) is 1.59. The first-order valence-electron chi connectivity index (χ1n) is 6.36. The number of hydrogen-bond acceptors (Lipinski definition) is 4. The summed E-state index contributed by atoms with van der Waals surface area (Å²) in [5.41, 5.74) is 0.699. The molecule has 0 spiro atoms. The molecule has 0 aliphatic heterocycles. The van der Waals surface area contributed by atoms with Gasteiger partial charge in [-0.25, -0.2) is 17.5 Å². The average molecular weight is 303 g/mol. The predicted molar refractivity (Wildman–Crippen MR) is 77.5 cm³/mol. The molecule has 1 aromatic rings. The molecular weight excluding hydrogens is 281 g/mol. The molecule has 0 aromatic heterocycles. The van der Waals surface area contributed by atoms with Gasteiger partial charge in [0.1, 0.15) is 10.7 Å². The van der Waals surface area contributed by atoms with Gasteiger partial charge in [-0.3, -0.25) is 0 Å². The van der Waals surface area contributed by atoms with Crippen molar-refractivity contribution >= 4 is 10.0 Å². The lowest BCUT2D eigenvalue weighted by molar-refractivity contribution is 0.370. The fraction of sp³-hybridized carbons (Fsp3) is 0.538. The minimum absolute atomic E-state index is 0.300. The molecule has 0 saturated heterocycles. The average Bonchev–Trinajstić information content (AvgIpc) is 2.26. The van der Waals surface area contributed by atoms with Crippen molar-refractivity contribution in [3.8, 4) is 0 Å². The number of rotatable bonds is 7. The first-order valence-corrected chi connectivity index (χ1v) is 7.84. The van der Waals surface area contributed by atoms with Crippen molar-refractivity contribution in [3.63, 3.8) is 0 Å². The summed E-state index contributed by atoms with van der Waals surface area (Å²) in [5.74, 6) is -0.734. The molecule has 0 amide bonds. The van der Waals surface area contributed by atoms with Crippen LogP contribution in [-0.2, 0) is 16.6 Å². The Bertz CT molecular complexity index is 547. The molecule has 20 heavy (non-hydrogen) atoms. The molecule has 0 saturated carbocycles. The second kappa shape index (κ2) is 7.12. The van der Waals surface area contributed by atoms with Crippen molar-refractivity contribution in [2.75, 3.05) is 27.7 Å². The number of nitrogens with one attached hydrogen (secondary N) is 2. The van der Waals surface area contributed by atoms with E-state index in [0.29, 0.717) is 18.7 Å². The molecule has 114 valence electrons. The quantitative estimate of drug-likeness (QED) is 0.781. The molecule has 0 aliphatic carbocycles. The van der Waals surface area contributed by atoms with Gasteiger partial charge in [0.15, 0.2) is 0 Å². The highest BCUT2D eigenvalue weighted by molar-refractivity contribution is 7.89. The normalized spacial score (nSPS) is 13.7. The minimum Gasteiger partial charge on any atom is -0.316 e. The third kappa shape index (κ3) is 4.82. The Labute approximate surface area is 120 Å². The molecule has 0 heterocycles. The number of nitrogens with zero attached hydrogens (tertiary/aromatic N) is 1. The zero-order valence-corrected chi connectivity index (χ0v) is 13.1. The maximum Gasteiger partial charge on any atom is 0.243 e. The van der Waals surface area contributed by atoms with Crippen LogP contribution in [0.25, 0.3) is 0 Å². The summed E-state index contributed by atoms with van der Waals surface area (Å²) >= 11 is 0. The van der Waals surface area contributed by atoms with Crippen LogP contribution in [0.3, 0.4) is 0 Å². The highest BCUT2D eigenvalue weighted by Crippen LogP contribution is 2.16. The molecule has 0 bridgehead atoms. The van der Waals surface area contributed by atoms with E-state index in [0.717, 1.165) is 0 Å². The van der Waals surface area contributed by atoms with Crippen molar-refractivity contribution in [2.45, 2.75) is 24.4 Å². The predicted octanol–water partition coefficient (Wildman–Crippen LogP) is 0.773. The molecule has 0 radical (unpaired) electrons. The monoisotopic (exact) mass is 303 g/mol. The smallest absolute Gasteiger partial charge is 0.243 e. The number of sulfonamides is 1. The van der Waals surface area contributed by atoms with E-state index in [4.69, 9.17) is 0 Å². The van der Waals surface area contributed by atoms with Gasteiger partial charge in [-0.2, -0.15) is 0 Å². The van der Waals surface area contributed by atoms with Gasteiger partial charge in [-0.15, -0.1) is 0 Å². The summed E-state index contributed by atoms with van der Waals surface area (Å²) < 4.78 is 40.7. The standard InChI is InChI=1S/C13H22FN3O2S/c1-10(9-17(3)4)16-20(18,19)13-6-5-11(8-15-2)7-12(13)14/h5-7,10,15-16H,8-9H2,1-4H3. The van der Waals surface area contributed by atoms with Gasteiger partial charge in [0.25, 0.3) is 0 Å². The zero-order valence-electron chi connectivity index (χ0n) is 12.3. The van der Waals surface area contributed by atoms with Crippen LogP contribution in [0.5, 0.6) is 0 Å². The van der Waals surface area contributed by atoms with E-state index in [1.807, 2.05) is 19.0 Å². The number of halogens is 1. The van der Waals surface area contributed by atoms with Gasteiger partial charge in [0, 0.05) is 19.1 Å².